The fourth-order valence-electron chi connectivity index (χ4n) is 2.48. The number of nitrogens with zero attached hydrogens (tertiary/aromatic N) is 1. The molecule has 0 spiro atoms. The van der Waals surface area contributed by atoms with Gasteiger partial charge < -0.3 is 10.1 Å². The minimum atomic E-state index is -3.31. The zero-order valence-corrected chi connectivity index (χ0v) is 16.7. The van der Waals surface area contributed by atoms with E-state index in [1.807, 2.05) is 18.2 Å². The highest BCUT2D eigenvalue weighted by atomic mass is 32.2. The number of benzene rings is 2. The third-order valence-corrected chi connectivity index (χ3v) is 5.37. The second-order valence-corrected chi connectivity index (χ2v) is 8.38. The molecule has 0 aromatic heterocycles. The summed E-state index contributed by atoms with van der Waals surface area (Å²) in [6, 6.07) is 16.7. The molecule has 0 fully saturated rings. The second-order valence-electron chi connectivity index (χ2n) is 6.36. The predicted molar refractivity (Wildman–Crippen MR) is 108 cm³/mol. The number of ether oxygens (including phenoxy) is 1. The highest BCUT2D eigenvalue weighted by Crippen LogP contribution is 2.21. The van der Waals surface area contributed by atoms with Gasteiger partial charge in [-0.25, -0.2) is 8.42 Å². The Bertz CT molecular complexity index is 836. The highest BCUT2D eigenvalue weighted by Gasteiger charge is 2.15. The van der Waals surface area contributed by atoms with E-state index in [4.69, 9.17) is 4.74 Å². The lowest BCUT2D eigenvalue weighted by Gasteiger charge is -2.18. The van der Waals surface area contributed by atoms with Crippen molar-refractivity contribution in [2.45, 2.75) is 25.9 Å². The maximum atomic E-state index is 12.1. The van der Waals surface area contributed by atoms with E-state index in [0.717, 1.165) is 19.1 Å². The summed E-state index contributed by atoms with van der Waals surface area (Å²) < 4.78 is 29.9. The molecular weight excluding hydrogens is 364 g/mol. The molecule has 1 unspecified atom stereocenters. The van der Waals surface area contributed by atoms with Gasteiger partial charge >= 0.3 is 0 Å². The van der Waals surface area contributed by atoms with Crippen molar-refractivity contribution in [1.29, 1.82) is 0 Å². The van der Waals surface area contributed by atoms with Gasteiger partial charge in [-0.15, -0.1) is 0 Å². The lowest BCUT2D eigenvalue weighted by atomic mass is 10.1. The molecular formula is C20H26N2O4S. The summed E-state index contributed by atoms with van der Waals surface area (Å²) >= 11 is 0. The van der Waals surface area contributed by atoms with E-state index < -0.39 is 16.1 Å². The molecule has 0 saturated heterocycles. The third kappa shape index (κ3) is 6.60. The number of carbonyl (C=O) groups is 1. The number of amides is 1. The van der Waals surface area contributed by atoms with Crippen molar-refractivity contribution >= 4 is 21.6 Å². The Morgan fingerprint density at radius 2 is 1.74 bits per heavy atom. The topological polar surface area (TPSA) is 75.7 Å². The molecule has 2 aromatic carbocycles. The van der Waals surface area contributed by atoms with Gasteiger partial charge in [0.2, 0.25) is 10.0 Å². The third-order valence-electron chi connectivity index (χ3n) is 4.16. The summed E-state index contributed by atoms with van der Waals surface area (Å²) in [6.45, 7) is 2.27. The van der Waals surface area contributed by atoms with Crippen molar-refractivity contribution in [3.63, 3.8) is 0 Å². The molecule has 2 rings (SSSR count). The van der Waals surface area contributed by atoms with Crippen LogP contribution in [-0.4, -0.2) is 40.3 Å². The molecule has 0 aliphatic rings. The van der Waals surface area contributed by atoms with Crippen LogP contribution in [0.3, 0.4) is 0 Å². The van der Waals surface area contributed by atoms with E-state index in [1.165, 1.54) is 16.9 Å². The predicted octanol–water partition coefficient (Wildman–Crippen LogP) is 2.60. The number of nitrogens with one attached hydrogen (secondary N) is 1. The molecule has 0 radical (unpaired) electrons. The standard InChI is InChI=1S/C20H26N2O4S/c1-16(20(23)21-15-7-10-17-8-5-4-6-9-17)26-19-13-11-18(12-14-19)22(2)27(3,24)25/h4-6,8-9,11-14,16H,7,10,15H2,1-3H3,(H,21,23). The Kier molecular flexibility index (Phi) is 7.24. The first-order valence-corrected chi connectivity index (χ1v) is 10.6. The lowest BCUT2D eigenvalue weighted by Crippen LogP contribution is -2.36. The fourth-order valence-corrected chi connectivity index (χ4v) is 2.98. The number of aryl methyl sites for hydroxylation is 1. The monoisotopic (exact) mass is 390 g/mol. The van der Waals surface area contributed by atoms with E-state index in [2.05, 4.69) is 17.4 Å². The summed E-state index contributed by atoms with van der Waals surface area (Å²) in [6.07, 6.45) is 2.27. The molecule has 6 nitrogen and oxygen atoms in total. The van der Waals surface area contributed by atoms with E-state index in [0.29, 0.717) is 18.0 Å². The van der Waals surface area contributed by atoms with Gasteiger partial charge in [-0.1, -0.05) is 30.3 Å². The molecule has 0 aliphatic carbocycles. The van der Waals surface area contributed by atoms with E-state index in [-0.39, 0.29) is 5.91 Å². The van der Waals surface area contributed by atoms with Crippen LogP contribution >= 0.6 is 0 Å². The zero-order chi connectivity index (χ0) is 19.9. The SMILES string of the molecule is CC(Oc1ccc(N(C)S(C)(=O)=O)cc1)C(=O)NCCCc1ccccc1. The molecule has 27 heavy (non-hydrogen) atoms. The van der Waals surface area contributed by atoms with Gasteiger partial charge in [-0.05, 0) is 49.6 Å². The number of hydrogen-bond donors (Lipinski definition) is 1. The maximum Gasteiger partial charge on any atom is 0.260 e. The zero-order valence-electron chi connectivity index (χ0n) is 15.9. The van der Waals surface area contributed by atoms with Crippen LogP contribution < -0.4 is 14.4 Å². The van der Waals surface area contributed by atoms with Crippen molar-refractivity contribution in [2.24, 2.45) is 0 Å². The Morgan fingerprint density at radius 3 is 2.33 bits per heavy atom. The van der Waals surface area contributed by atoms with E-state index >= 15 is 0 Å². The van der Waals surface area contributed by atoms with E-state index in [9.17, 15) is 13.2 Å². The number of hydrogen-bond acceptors (Lipinski definition) is 4. The van der Waals surface area contributed by atoms with Crippen LogP contribution in [0, 0.1) is 0 Å². The van der Waals surface area contributed by atoms with Crippen molar-refractivity contribution in [3.05, 3.63) is 60.2 Å². The fraction of sp³-hybridized carbons (Fsp3) is 0.350. The molecule has 0 heterocycles. The summed E-state index contributed by atoms with van der Waals surface area (Å²) in [7, 11) is -1.83. The first-order chi connectivity index (χ1) is 12.8. The van der Waals surface area contributed by atoms with Gasteiger partial charge in [-0.2, -0.15) is 0 Å². The first kappa shape index (κ1) is 20.8. The Morgan fingerprint density at radius 1 is 1.11 bits per heavy atom. The van der Waals surface area contributed by atoms with Crippen molar-refractivity contribution in [1.82, 2.24) is 5.32 Å². The first-order valence-electron chi connectivity index (χ1n) is 8.79. The van der Waals surface area contributed by atoms with Crippen LogP contribution in [0.4, 0.5) is 5.69 Å². The molecule has 7 heteroatoms. The number of carbonyl (C=O) groups excluding carboxylic acids is 1. The van der Waals surface area contributed by atoms with Gasteiger partial charge in [-0.3, -0.25) is 9.10 Å². The van der Waals surface area contributed by atoms with Crippen LogP contribution in [-0.2, 0) is 21.2 Å². The van der Waals surface area contributed by atoms with Crippen LogP contribution in [0.1, 0.15) is 18.9 Å². The van der Waals surface area contributed by atoms with Crippen LogP contribution in [0.2, 0.25) is 0 Å². The van der Waals surface area contributed by atoms with Crippen LogP contribution in [0.5, 0.6) is 5.75 Å². The molecule has 1 atom stereocenters. The summed E-state index contributed by atoms with van der Waals surface area (Å²) in [5.41, 5.74) is 1.78. The highest BCUT2D eigenvalue weighted by molar-refractivity contribution is 7.92. The average Bonchev–Trinajstić information content (AvgIpc) is 2.65. The molecule has 1 N–H and O–H groups in total. The molecule has 0 saturated carbocycles. The Labute approximate surface area is 161 Å². The maximum absolute atomic E-state index is 12.1. The van der Waals surface area contributed by atoms with Gasteiger partial charge in [0.25, 0.3) is 5.91 Å². The van der Waals surface area contributed by atoms with E-state index in [1.54, 1.807) is 31.2 Å². The normalized spacial score (nSPS) is 12.3. The lowest BCUT2D eigenvalue weighted by molar-refractivity contribution is -0.127. The largest absolute Gasteiger partial charge is 0.481 e. The van der Waals surface area contributed by atoms with Crippen molar-refractivity contribution < 1.29 is 17.9 Å². The van der Waals surface area contributed by atoms with Crippen LogP contribution in [0.15, 0.2) is 54.6 Å². The minimum absolute atomic E-state index is 0.180. The van der Waals surface area contributed by atoms with Gasteiger partial charge in [0.1, 0.15) is 5.75 Å². The van der Waals surface area contributed by atoms with Gasteiger partial charge in [0, 0.05) is 13.6 Å². The Hall–Kier alpha value is -2.54. The van der Waals surface area contributed by atoms with Crippen LogP contribution in [0.25, 0.3) is 0 Å². The molecule has 2 aromatic rings. The second kappa shape index (κ2) is 9.41. The van der Waals surface area contributed by atoms with Crippen molar-refractivity contribution in [2.75, 3.05) is 24.2 Å². The van der Waals surface area contributed by atoms with Gasteiger partial charge in [0.05, 0.1) is 11.9 Å². The number of rotatable bonds is 9. The summed E-state index contributed by atoms with van der Waals surface area (Å²) in [5.74, 6) is 0.327. The quantitative estimate of drug-likeness (QED) is 0.668. The summed E-state index contributed by atoms with van der Waals surface area (Å²) in [5, 5.41) is 2.87. The number of sulfonamides is 1. The Balaban J connectivity index is 1.78. The summed E-state index contributed by atoms with van der Waals surface area (Å²) in [4.78, 5) is 12.1. The average molecular weight is 391 g/mol. The molecule has 1 amide bonds. The molecule has 0 aliphatic heterocycles. The molecule has 0 bridgehead atoms. The van der Waals surface area contributed by atoms with Crippen molar-refractivity contribution in [3.8, 4) is 5.75 Å². The van der Waals surface area contributed by atoms with Gasteiger partial charge in [0.15, 0.2) is 6.10 Å². The smallest absolute Gasteiger partial charge is 0.260 e. The molecule has 146 valence electrons. The minimum Gasteiger partial charge on any atom is -0.481 e. The number of anilines is 1.